The van der Waals surface area contributed by atoms with Gasteiger partial charge >= 0.3 is 5.97 Å². The first-order chi connectivity index (χ1) is 14.9. The van der Waals surface area contributed by atoms with Crippen LogP contribution in [0.2, 0.25) is 0 Å². The largest absolute Gasteiger partial charge is 0.466 e. The lowest BCUT2D eigenvalue weighted by Crippen LogP contribution is -2.48. The summed E-state index contributed by atoms with van der Waals surface area (Å²) < 4.78 is 10.5. The number of amides is 2. The first-order valence-corrected chi connectivity index (χ1v) is 11.6. The highest BCUT2D eigenvalue weighted by Crippen LogP contribution is 2.28. The summed E-state index contributed by atoms with van der Waals surface area (Å²) in [6.45, 7) is 6.20. The predicted molar refractivity (Wildman–Crippen MR) is 115 cm³/mol. The maximum atomic E-state index is 12.3. The van der Waals surface area contributed by atoms with Gasteiger partial charge in [0.25, 0.3) is 0 Å². The van der Waals surface area contributed by atoms with Gasteiger partial charge in [-0.25, -0.2) is 0 Å². The van der Waals surface area contributed by atoms with Gasteiger partial charge in [-0.05, 0) is 13.8 Å². The Kier molecular flexibility index (Phi) is 8.23. The fraction of sp³-hybridized carbons (Fsp3) is 0.556. The normalized spacial score (nSPS) is 13.9. The maximum Gasteiger partial charge on any atom is 0.306 e. The Balaban J connectivity index is 1.40. The van der Waals surface area contributed by atoms with Crippen LogP contribution in [0.4, 0.5) is 10.9 Å². The highest BCUT2D eigenvalue weighted by atomic mass is 32.2. The van der Waals surface area contributed by atoms with Crippen LogP contribution >= 0.6 is 23.1 Å². The van der Waals surface area contributed by atoms with Crippen molar-refractivity contribution in [3.05, 3.63) is 11.8 Å². The van der Waals surface area contributed by atoms with Crippen molar-refractivity contribution in [1.82, 2.24) is 20.3 Å². The second-order valence-corrected chi connectivity index (χ2v) is 8.86. The van der Waals surface area contributed by atoms with Crippen molar-refractivity contribution >= 4 is 51.8 Å². The number of aromatic nitrogens is 3. The molecule has 0 spiro atoms. The van der Waals surface area contributed by atoms with Gasteiger partial charge in [0.2, 0.25) is 16.9 Å². The highest BCUT2D eigenvalue weighted by Gasteiger charge is 2.24. The number of aryl methyl sites for hydroxylation is 1. The number of hydrogen-bond donors (Lipinski definition) is 1. The molecular formula is C18H24N6O5S2. The molecule has 0 bridgehead atoms. The smallest absolute Gasteiger partial charge is 0.306 e. The highest BCUT2D eigenvalue weighted by molar-refractivity contribution is 8.01. The van der Waals surface area contributed by atoms with Crippen LogP contribution in [0.5, 0.6) is 0 Å². The first-order valence-electron chi connectivity index (χ1n) is 9.82. The zero-order valence-corrected chi connectivity index (χ0v) is 19.0. The Bertz CT molecular complexity index is 909. The van der Waals surface area contributed by atoms with E-state index in [0.29, 0.717) is 48.7 Å². The lowest BCUT2D eigenvalue weighted by molar-refractivity contribution is -0.145. The molecule has 0 aliphatic carbocycles. The molecule has 2 aromatic rings. The van der Waals surface area contributed by atoms with Gasteiger partial charge in [-0.15, -0.1) is 10.2 Å². The van der Waals surface area contributed by atoms with E-state index < -0.39 is 0 Å². The fourth-order valence-electron chi connectivity index (χ4n) is 2.87. The van der Waals surface area contributed by atoms with Gasteiger partial charge in [-0.2, -0.15) is 0 Å². The molecule has 1 aliphatic rings. The van der Waals surface area contributed by atoms with E-state index >= 15 is 0 Å². The van der Waals surface area contributed by atoms with E-state index in [-0.39, 0.29) is 36.4 Å². The third-order valence-corrected chi connectivity index (χ3v) is 6.49. The monoisotopic (exact) mass is 468 g/mol. The Labute approximate surface area is 187 Å². The maximum absolute atomic E-state index is 12.3. The Morgan fingerprint density at radius 3 is 2.68 bits per heavy atom. The van der Waals surface area contributed by atoms with Crippen LogP contribution in [-0.4, -0.2) is 76.6 Å². The van der Waals surface area contributed by atoms with Gasteiger partial charge in [0.1, 0.15) is 5.76 Å². The summed E-state index contributed by atoms with van der Waals surface area (Å²) in [6, 6.07) is 1.65. The van der Waals surface area contributed by atoms with E-state index in [2.05, 4.69) is 25.6 Å². The van der Waals surface area contributed by atoms with E-state index in [4.69, 9.17) is 9.26 Å². The number of carbonyl (C=O) groups excluding carboxylic acids is 3. The summed E-state index contributed by atoms with van der Waals surface area (Å²) in [6.07, 6.45) is 0.266. The first kappa shape index (κ1) is 23.0. The van der Waals surface area contributed by atoms with E-state index in [1.165, 1.54) is 23.1 Å². The third kappa shape index (κ3) is 6.92. The fourth-order valence-corrected chi connectivity index (χ4v) is 4.56. The molecule has 13 heteroatoms. The van der Waals surface area contributed by atoms with Gasteiger partial charge in [-0.1, -0.05) is 28.3 Å². The molecule has 2 aromatic heterocycles. The molecule has 0 aromatic carbocycles. The van der Waals surface area contributed by atoms with Gasteiger partial charge in [0.15, 0.2) is 10.2 Å². The lowest BCUT2D eigenvalue weighted by Gasteiger charge is -2.34. The Morgan fingerprint density at radius 1 is 1.23 bits per heavy atom. The van der Waals surface area contributed by atoms with Crippen molar-refractivity contribution in [3.63, 3.8) is 0 Å². The summed E-state index contributed by atoms with van der Waals surface area (Å²) >= 11 is 2.71. The molecular weight excluding hydrogens is 444 g/mol. The van der Waals surface area contributed by atoms with Crippen molar-refractivity contribution in [1.29, 1.82) is 0 Å². The second kappa shape index (κ2) is 11.1. The van der Waals surface area contributed by atoms with Crippen molar-refractivity contribution in [3.8, 4) is 0 Å². The Hall–Kier alpha value is -2.67. The molecule has 3 rings (SSSR count). The third-order valence-electron chi connectivity index (χ3n) is 4.37. The van der Waals surface area contributed by atoms with Crippen molar-refractivity contribution < 1.29 is 23.6 Å². The number of rotatable bonds is 9. The number of carbonyl (C=O) groups is 3. The molecule has 0 atom stereocenters. The van der Waals surface area contributed by atoms with Crippen LogP contribution < -0.4 is 10.2 Å². The number of ether oxygens (including phenoxy) is 1. The molecule has 0 radical (unpaired) electrons. The topological polar surface area (TPSA) is 131 Å². The zero-order chi connectivity index (χ0) is 22.2. The second-order valence-electron chi connectivity index (χ2n) is 6.68. The summed E-state index contributed by atoms with van der Waals surface area (Å²) in [4.78, 5) is 39.5. The number of anilines is 2. The molecule has 0 saturated carbocycles. The van der Waals surface area contributed by atoms with E-state index in [1.54, 1.807) is 24.8 Å². The minimum atomic E-state index is -0.349. The summed E-state index contributed by atoms with van der Waals surface area (Å²) in [7, 11) is 0. The molecule has 0 unspecified atom stereocenters. The molecule has 1 aliphatic heterocycles. The predicted octanol–water partition coefficient (Wildman–Crippen LogP) is 1.56. The summed E-state index contributed by atoms with van der Waals surface area (Å²) in [5.74, 6) is 0.592. The van der Waals surface area contributed by atoms with Crippen molar-refractivity contribution in [2.24, 2.45) is 0 Å². The van der Waals surface area contributed by atoms with Gasteiger partial charge < -0.3 is 24.4 Å². The lowest BCUT2D eigenvalue weighted by atomic mass is 10.2. The van der Waals surface area contributed by atoms with E-state index in [9.17, 15) is 14.4 Å². The number of piperazine rings is 1. The average Bonchev–Trinajstić information content (AvgIpc) is 3.40. The molecule has 168 valence electrons. The molecule has 1 saturated heterocycles. The average molecular weight is 469 g/mol. The van der Waals surface area contributed by atoms with Gasteiger partial charge in [0.05, 0.1) is 18.8 Å². The van der Waals surface area contributed by atoms with Gasteiger partial charge in [-0.3, -0.25) is 14.4 Å². The molecule has 2 amide bonds. The quantitative estimate of drug-likeness (QED) is 0.427. The number of hydrogen-bond acceptors (Lipinski definition) is 11. The molecule has 31 heavy (non-hydrogen) atoms. The molecule has 3 heterocycles. The minimum absolute atomic E-state index is 0.0467. The molecule has 1 N–H and O–H groups in total. The van der Waals surface area contributed by atoms with Crippen LogP contribution in [0.3, 0.4) is 0 Å². The standard InChI is InChI=1S/C18H24N6O5S2/c1-3-28-16(27)5-4-15(26)23-6-8-24(9-7-23)17-20-21-18(31-17)30-11-14(25)19-13-10-12(2)29-22-13/h10H,3-9,11H2,1-2H3,(H,19,22,25). The number of nitrogens with one attached hydrogen (secondary N) is 1. The van der Waals surface area contributed by atoms with Crippen molar-refractivity contribution in [2.75, 3.05) is 48.8 Å². The van der Waals surface area contributed by atoms with Crippen LogP contribution in [-0.2, 0) is 19.1 Å². The number of esters is 1. The van der Waals surface area contributed by atoms with Crippen LogP contribution in [0.1, 0.15) is 25.5 Å². The zero-order valence-electron chi connectivity index (χ0n) is 17.3. The van der Waals surface area contributed by atoms with E-state index in [1.807, 2.05) is 0 Å². The molecule has 1 fully saturated rings. The summed E-state index contributed by atoms with van der Waals surface area (Å²) in [5, 5.41) is 15.5. The Morgan fingerprint density at radius 2 is 2.00 bits per heavy atom. The minimum Gasteiger partial charge on any atom is -0.466 e. The van der Waals surface area contributed by atoms with E-state index in [0.717, 1.165) is 5.13 Å². The van der Waals surface area contributed by atoms with Crippen LogP contribution in [0, 0.1) is 6.92 Å². The SMILES string of the molecule is CCOC(=O)CCC(=O)N1CCN(c2nnc(SCC(=O)Nc3cc(C)on3)s2)CC1. The summed E-state index contributed by atoms with van der Waals surface area (Å²) in [5.41, 5.74) is 0. The van der Waals surface area contributed by atoms with Gasteiger partial charge in [0, 0.05) is 38.7 Å². The number of nitrogens with zero attached hydrogens (tertiary/aromatic N) is 5. The number of thioether (sulfide) groups is 1. The van der Waals surface area contributed by atoms with Crippen LogP contribution in [0.25, 0.3) is 0 Å². The van der Waals surface area contributed by atoms with Crippen LogP contribution in [0.15, 0.2) is 14.9 Å². The molecule has 11 nitrogen and oxygen atoms in total. The van der Waals surface area contributed by atoms with Crippen molar-refractivity contribution in [2.45, 2.75) is 31.0 Å².